The molecule has 2 aromatic heterocycles. The van der Waals surface area contributed by atoms with Crippen molar-refractivity contribution >= 4 is 27.4 Å². The summed E-state index contributed by atoms with van der Waals surface area (Å²) in [5.74, 6) is 0.798. The van der Waals surface area contributed by atoms with Gasteiger partial charge < -0.3 is 0 Å². The first-order chi connectivity index (χ1) is 10.6. The van der Waals surface area contributed by atoms with Crippen molar-refractivity contribution in [2.45, 2.75) is 19.4 Å². The van der Waals surface area contributed by atoms with Crippen LogP contribution in [0.3, 0.4) is 0 Å². The van der Waals surface area contributed by atoms with Crippen molar-refractivity contribution in [2.24, 2.45) is 0 Å². The number of nitrogens with zero attached hydrogens (tertiary/aromatic N) is 4. The predicted octanol–water partition coefficient (Wildman–Crippen LogP) is 2.37. The SMILES string of the molecule is O=c1c2nc(-c3cccc([N+](=O)[O-])c3)sc2nc2n1CCC2. The lowest BCUT2D eigenvalue weighted by molar-refractivity contribution is -0.384. The maximum absolute atomic E-state index is 12.4. The summed E-state index contributed by atoms with van der Waals surface area (Å²) in [6.07, 6.45) is 1.73. The van der Waals surface area contributed by atoms with Crippen LogP contribution in [0.5, 0.6) is 0 Å². The van der Waals surface area contributed by atoms with Gasteiger partial charge >= 0.3 is 0 Å². The minimum absolute atomic E-state index is 0.00364. The minimum Gasteiger partial charge on any atom is -0.295 e. The van der Waals surface area contributed by atoms with Crippen LogP contribution in [0.15, 0.2) is 29.1 Å². The number of fused-ring (bicyclic) bond motifs is 2. The zero-order chi connectivity index (χ0) is 15.3. The van der Waals surface area contributed by atoms with E-state index in [4.69, 9.17) is 0 Å². The van der Waals surface area contributed by atoms with E-state index in [9.17, 15) is 14.9 Å². The molecule has 0 spiro atoms. The van der Waals surface area contributed by atoms with Crippen LogP contribution in [0.25, 0.3) is 20.9 Å². The smallest absolute Gasteiger partial charge is 0.280 e. The maximum Gasteiger partial charge on any atom is 0.280 e. The number of aromatic nitrogens is 3. The molecule has 1 aromatic carbocycles. The van der Waals surface area contributed by atoms with Crippen LogP contribution in [0.2, 0.25) is 0 Å². The predicted molar refractivity (Wildman–Crippen MR) is 82.1 cm³/mol. The van der Waals surface area contributed by atoms with Gasteiger partial charge in [0.25, 0.3) is 11.2 Å². The van der Waals surface area contributed by atoms with E-state index in [1.54, 1.807) is 16.7 Å². The number of aryl methyl sites for hydroxylation is 1. The molecule has 8 heteroatoms. The molecule has 1 aliphatic heterocycles. The summed E-state index contributed by atoms with van der Waals surface area (Å²) in [5, 5.41) is 11.4. The molecule has 0 amide bonds. The van der Waals surface area contributed by atoms with Crippen molar-refractivity contribution in [2.75, 3.05) is 0 Å². The third-order valence-corrected chi connectivity index (χ3v) is 4.68. The Hall–Kier alpha value is -2.61. The van der Waals surface area contributed by atoms with Crippen molar-refractivity contribution in [3.05, 3.63) is 50.6 Å². The fourth-order valence-corrected chi connectivity index (χ4v) is 3.59. The molecular weight excluding hydrogens is 304 g/mol. The van der Waals surface area contributed by atoms with Crippen LogP contribution in [0, 0.1) is 10.1 Å². The minimum atomic E-state index is -0.446. The number of benzene rings is 1. The van der Waals surface area contributed by atoms with Gasteiger partial charge in [0.15, 0.2) is 10.3 Å². The van der Waals surface area contributed by atoms with E-state index in [1.165, 1.54) is 23.5 Å². The van der Waals surface area contributed by atoms with Gasteiger partial charge in [-0.1, -0.05) is 23.5 Å². The largest absolute Gasteiger partial charge is 0.295 e. The second kappa shape index (κ2) is 4.70. The van der Waals surface area contributed by atoms with Gasteiger partial charge in [-0.3, -0.25) is 19.5 Å². The van der Waals surface area contributed by atoms with Crippen LogP contribution in [-0.2, 0) is 13.0 Å². The Morgan fingerprint density at radius 2 is 2.18 bits per heavy atom. The molecule has 1 aliphatic rings. The lowest BCUT2D eigenvalue weighted by atomic mass is 10.2. The van der Waals surface area contributed by atoms with E-state index in [0.717, 1.165) is 18.7 Å². The summed E-state index contributed by atoms with van der Waals surface area (Å²) >= 11 is 1.29. The fourth-order valence-electron chi connectivity index (χ4n) is 2.64. The molecule has 110 valence electrons. The van der Waals surface area contributed by atoms with Gasteiger partial charge in [-0.05, 0) is 6.42 Å². The van der Waals surface area contributed by atoms with Crippen molar-refractivity contribution in [3.8, 4) is 10.6 Å². The molecular formula is C14H10N4O3S. The van der Waals surface area contributed by atoms with Crippen LogP contribution < -0.4 is 5.56 Å². The van der Waals surface area contributed by atoms with Gasteiger partial charge in [0.2, 0.25) is 0 Å². The zero-order valence-corrected chi connectivity index (χ0v) is 12.2. The molecule has 4 rings (SSSR count). The first-order valence-corrected chi connectivity index (χ1v) is 7.60. The van der Waals surface area contributed by atoms with E-state index >= 15 is 0 Å². The Labute approximate surface area is 128 Å². The van der Waals surface area contributed by atoms with Gasteiger partial charge in [-0.2, -0.15) is 0 Å². The summed E-state index contributed by atoms with van der Waals surface area (Å²) in [4.78, 5) is 32.3. The molecule has 0 N–H and O–H groups in total. The van der Waals surface area contributed by atoms with Gasteiger partial charge in [0, 0.05) is 30.7 Å². The third kappa shape index (κ3) is 1.92. The Balaban J connectivity index is 1.91. The van der Waals surface area contributed by atoms with Gasteiger partial charge in [0.1, 0.15) is 10.8 Å². The van der Waals surface area contributed by atoms with E-state index in [2.05, 4.69) is 9.97 Å². The fraction of sp³-hybridized carbons (Fsp3) is 0.214. The van der Waals surface area contributed by atoms with E-state index in [1.807, 2.05) is 0 Å². The Morgan fingerprint density at radius 3 is 3.00 bits per heavy atom. The number of hydrogen-bond acceptors (Lipinski definition) is 6. The summed E-state index contributed by atoms with van der Waals surface area (Å²) in [6, 6.07) is 6.25. The highest BCUT2D eigenvalue weighted by Gasteiger charge is 2.20. The summed E-state index contributed by atoms with van der Waals surface area (Å²) in [5.41, 5.74) is 0.855. The number of hydrogen-bond donors (Lipinski definition) is 0. The molecule has 0 saturated heterocycles. The first kappa shape index (κ1) is 13.1. The Morgan fingerprint density at radius 1 is 1.32 bits per heavy atom. The number of thiazole rings is 1. The first-order valence-electron chi connectivity index (χ1n) is 6.78. The molecule has 0 atom stereocenters. The highest BCUT2D eigenvalue weighted by Crippen LogP contribution is 2.30. The van der Waals surface area contributed by atoms with E-state index in [0.29, 0.717) is 27.5 Å². The molecule has 0 fully saturated rings. The average molecular weight is 314 g/mol. The topological polar surface area (TPSA) is 90.9 Å². The second-order valence-corrected chi connectivity index (χ2v) is 6.05. The molecule has 0 unspecified atom stereocenters. The normalized spacial score (nSPS) is 13.5. The lowest BCUT2D eigenvalue weighted by Crippen LogP contribution is -2.20. The molecule has 0 aliphatic carbocycles. The van der Waals surface area contributed by atoms with E-state index in [-0.39, 0.29) is 11.2 Å². The zero-order valence-electron chi connectivity index (χ0n) is 11.4. The molecule has 0 saturated carbocycles. The summed E-state index contributed by atoms with van der Waals surface area (Å²) < 4.78 is 1.67. The van der Waals surface area contributed by atoms with Crippen molar-refractivity contribution in [3.63, 3.8) is 0 Å². The van der Waals surface area contributed by atoms with Crippen LogP contribution in [0.4, 0.5) is 5.69 Å². The lowest BCUT2D eigenvalue weighted by Gasteiger charge is -1.99. The summed E-state index contributed by atoms with van der Waals surface area (Å²) in [6.45, 7) is 0.681. The van der Waals surface area contributed by atoms with E-state index < -0.39 is 4.92 Å². The van der Waals surface area contributed by atoms with Gasteiger partial charge in [0.05, 0.1) is 4.92 Å². The molecule has 3 aromatic rings. The monoisotopic (exact) mass is 314 g/mol. The van der Waals surface area contributed by atoms with Gasteiger partial charge in [-0.25, -0.2) is 9.97 Å². The Kier molecular flexibility index (Phi) is 2.80. The van der Waals surface area contributed by atoms with Crippen molar-refractivity contribution in [1.82, 2.24) is 14.5 Å². The van der Waals surface area contributed by atoms with Crippen molar-refractivity contribution < 1.29 is 4.92 Å². The Bertz CT molecular complexity index is 976. The summed E-state index contributed by atoms with van der Waals surface area (Å²) in [7, 11) is 0. The number of non-ortho nitro benzene ring substituents is 1. The second-order valence-electron chi connectivity index (χ2n) is 5.07. The molecule has 0 radical (unpaired) electrons. The third-order valence-electron chi connectivity index (χ3n) is 3.69. The van der Waals surface area contributed by atoms with Crippen molar-refractivity contribution in [1.29, 1.82) is 0 Å². The van der Waals surface area contributed by atoms with Gasteiger partial charge in [-0.15, -0.1) is 0 Å². The molecule has 22 heavy (non-hydrogen) atoms. The standard InChI is InChI=1S/C14H10N4O3S/c19-14-11-13(15-10-5-2-6-17(10)14)22-12(16-11)8-3-1-4-9(7-8)18(20)21/h1,3-4,7H,2,5-6H2. The highest BCUT2D eigenvalue weighted by molar-refractivity contribution is 7.21. The van der Waals surface area contributed by atoms with Crippen LogP contribution >= 0.6 is 11.3 Å². The highest BCUT2D eigenvalue weighted by atomic mass is 32.1. The maximum atomic E-state index is 12.4. The molecule has 0 bridgehead atoms. The molecule has 7 nitrogen and oxygen atoms in total. The number of nitro benzene ring substituents is 1. The van der Waals surface area contributed by atoms with Crippen LogP contribution in [0.1, 0.15) is 12.2 Å². The number of nitro groups is 1. The van der Waals surface area contributed by atoms with Crippen LogP contribution in [-0.4, -0.2) is 19.5 Å². The average Bonchev–Trinajstić information content (AvgIpc) is 3.14. The number of rotatable bonds is 2. The molecule has 3 heterocycles. The quantitative estimate of drug-likeness (QED) is 0.535.